The SMILES string of the molecule is COc1cc(C2CC(c3ccc(OC)c(OC)c3OC)=NO2)ccc1OC(=O)c1ccccc1OC. The summed E-state index contributed by atoms with van der Waals surface area (Å²) in [6.07, 6.45) is 0.112. The van der Waals surface area contributed by atoms with Crippen molar-refractivity contribution in [2.24, 2.45) is 5.16 Å². The van der Waals surface area contributed by atoms with Gasteiger partial charge in [-0.25, -0.2) is 4.79 Å². The van der Waals surface area contributed by atoms with Gasteiger partial charge >= 0.3 is 5.97 Å². The molecule has 1 unspecified atom stereocenters. The van der Waals surface area contributed by atoms with Crippen LogP contribution in [0.3, 0.4) is 0 Å². The average molecular weight is 494 g/mol. The highest BCUT2D eigenvalue weighted by Crippen LogP contribution is 2.43. The molecule has 1 aliphatic heterocycles. The molecule has 3 aromatic rings. The second-order valence-electron chi connectivity index (χ2n) is 7.72. The van der Waals surface area contributed by atoms with Gasteiger partial charge in [-0.3, -0.25) is 0 Å². The summed E-state index contributed by atoms with van der Waals surface area (Å²) in [5.74, 6) is 2.07. The van der Waals surface area contributed by atoms with Gasteiger partial charge in [-0.05, 0) is 42.0 Å². The Balaban J connectivity index is 1.54. The Bertz CT molecular complexity index is 1290. The van der Waals surface area contributed by atoms with E-state index in [1.54, 1.807) is 63.8 Å². The van der Waals surface area contributed by atoms with Crippen molar-refractivity contribution in [2.75, 3.05) is 35.5 Å². The molecule has 1 heterocycles. The van der Waals surface area contributed by atoms with E-state index in [0.717, 1.165) is 11.1 Å². The third-order valence-corrected chi connectivity index (χ3v) is 5.77. The molecule has 3 aromatic carbocycles. The van der Waals surface area contributed by atoms with E-state index in [9.17, 15) is 4.79 Å². The number of oxime groups is 1. The van der Waals surface area contributed by atoms with Crippen molar-refractivity contribution in [1.29, 1.82) is 0 Å². The predicted molar refractivity (Wildman–Crippen MR) is 132 cm³/mol. The number of nitrogens with zero attached hydrogens (tertiary/aromatic N) is 1. The maximum absolute atomic E-state index is 12.7. The van der Waals surface area contributed by atoms with E-state index in [0.29, 0.717) is 46.4 Å². The number of para-hydroxylation sites is 1. The summed E-state index contributed by atoms with van der Waals surface area (Å²) in [5.41, 5.74) is 2.56. The number of hydrogen-bond acceptors (Lipinski definition) is 9. The molecular formula is C27H27NO8. The quantitative estimate of drug-likeness (QED) is 0.310. The first kappa shape index (κ1) is 24.7. The maximum atomic E-state index is 12.7. The summed E-state index contributed by atoms with van der Waals surface area (Å²) in [5, 5.41) is 4.29. The Morgan fingerprint density at radius 3 is 2.17 bits per heavy atom. The van der Waals surface area contributed by atoms with Gasteiger partial charge in [0.15, 0.2) is 29.1 Å². The van der Waals surface area contributed by atoms with Gasteiger partial charge in [0.05, 0.1) is 41.3 Å². The molecular weight excluding hydrogens is 466 g/mol. The molecule has 0 bridgehead atoms. The molecule has 1 aliphatic rings. The molecule has 9 heteroatoms. The van der Waals surface area contributed by atoms with Crippen molar-refractivity contribution < 1.29 is 38.1 Å². The number of hydrogen-bond donors (Lipinski definition) is 0. The van der Waals surface area contributed by atoms with E-state index in [4.69, 9.17) is 33.3 Å². The molecule has 0 saturated carbocycles. The molecule has 0 amide bonds. The molecule has 0 fully saturated rings. The molecule has 188 valence electrons. The van der Waals surface area contributed by atoms with Gasteiger partial charge in [0.25, 0.3) is 0 Å². The first-order valence-corrected chi connectivity index (χ1v) is 11.1. The van der Waals surface area contributed by atoms with E-state index < -0.39 is 5.97 Å². The van der Waals surface area contributed by atoms with Crippen LogP contribution in [0.2, 0.25) is 0 Å². The number of methoxy groups -OCH3 is 5. The van der Waals surface area contributed by atoms with Gasteiger partial charge in [0, 0.05) is 12.0 Å². The molecule has 36 heavy (non-hydrogen) atoms. The van der Waals surface area contributed by atoms with Crippen molar-refractivity contribution in [3.63, 3.8) is 0 Å². The third kappa shape index (κ3) is 4.72. The molecule has 9 nitrogen and oxygen atoms in total. The minimum Gasteiger partial charge on any atom is -0.496 e. The fourth-order valence-electron chi connectivity index (χ4n) is 3.98. The van der Waals surface area contributed by atoms with Crippen LogP contribution in [0.1, 0.15) is 34.0 Å². The normalized spacial score (nSPS) is 14.4. The lowest BCUT2D eigenvalue weighted by Crippen LogP contribution is -2.11. The second-order valence-corrected chi connectivity index (χ2v) is 7.72. The van der Waals surface area contributed by atoms with Crippen LogP contribution in [0, 0.1) is 0 Å². The van der Waals surface area contributed by atoms with Crippen LogP contribution in [0.15, 0.2) is 59.8 Å². The highest BCUT2D eigenvalue weighted by Gasteiger charge is 2.29. The highest BCUT2D eigenvalue weighted by molar-refractivity contribution is 6.04. The van der Waals surface area contributed by atoms with Gasteiger partial charge in [-0.15, -0.1) is 0 Å². The van der Waals surface area contributed by atoms with Crippen LogP contribution in [0.4, 0.5) is 0 Å². The van der Waals surface area contributed by atoms with E-state index in [1.807, 2.05) is 12.1 Å². The van der Waals surface area contributed by atoms with Crippen LogP contribution >= 0.6 is 0 Å². The molecule has 0 aliphatic carbocycles. The van der Waals surface area contributed by atoms with Crippen LogP contribution in [-0.4, -0.2) is 47.2 Å². The summed E-state index contributed by atoms with van der Waals surface area (Å²) >= 11 is 0. The summed E-state index contributed by atoms with van der Waals surface area (Å²) in [4.78, 5) is 18.5. The minimum atomic E-state index is -0.554. The Morgan fingerprint density at radius 2 is 1.47 bits per heavy atom. The summed E-state index contributed by atoms with van der Waals surface area (Å²) in [7, 11) is 7.68. The van der Waals surface area contributed by atoms with Crippen LogP contribution in [-0.2, 0) is 4.84 Å². The van der Waals surface area contributed by atoms with E-state index in [-0.39, 0.29) is 11.9 Å². The fraction of sp³-hybridized carbons (Fsp3) is 0.259. The molecule has 0 spiro atoms. The lowest BCUT2D eigenvalue weighted by atomic mass is 9.99. The Hall–Kier alpha value is -4.40. The summed E-state index contributed by atoms with van der Waals surface area (Å²) < 4.78 is 32.8. The van der Waals surface area contributed by atoms with E-state index in [2.05, 4.69) is 5.16 Å². The zero-order valence-corrected chi connectivity index (χ0v) is 20.7. The Kier molecular flexibility index (Phi) is 7.48. The zero-order chi connectivity index (χ0) is 25.7. The van der Waals surface area contributed by atoms with Crippen LogP contribution < -0.4 is 28.4 Å². The second kappa shape index (κ2) is 10.9. The zero-order valence-electron chi connectivity index (χ0n) is 20.7. The number of benzene rings is 3. The van der Waals surface area contributed by atoms with Gasteiger partial charge < -0.3 is 33.3 Å². The van der Waals surface area contributed by atoms with Crippen molar-refractivity contribution >= 4 is 11.7 Å². The van der Waals surface area contributed by atoms with E-state index in [1.165, 1.54) is 14.2 Å². The Labute approximate surface area is 209 Å². The standard InChI is InChI=1S/C27H27NO8/c1-30-20-9-7-6-8-18(20)27(29)35-21-12-10-16(14-24(21)32-3)23-15-19(28-36-23)17-11-13-22(31-2)26(34-5)25(17)33-4/h6-14,23H,15H2,1-5H3. The first-order valence-electron chi connectivity index (χ1n) is 11.1. The summed E-state index contributed by atoms with van der Waals surface area (Å²) in [6.45, 7) is 0. The average Bonchev–Trinajstić information content (AvgIpc) is 3.42. The topological polar surface area (TPSA) is 94.0 Å². The molecule has 0 N–H and O–H groups in total. The predicted octanol–water partition coefficient (Wildman–Crippen LogP) is 4.81. The monoisotopic (exact) mass is 493 g/mol. The van der Waals surface area contributed by atoms with Crippen LogP contribution in [0.25, 0.3) is 0 Å². The van der Waals surface area contributed by atoms with Crippen molar-refractivity contribution in [1.82, 2.24) is 0 Å². The number of carbonyl (C=O) groups excluding carboxylic acids is 1. The number of ether oxygens (including phenoxy) is 6. The largest absolute Gasteiger partial charge is 0.496 e. The molecule has 0 radical (unpaired) electrons. The molecule has 4 rings (SSSR count). The Morgan fingerprint density at radius 1 is 0.778 bits per heavy atom. The van der Waals surface area contributed by atoms with Gasteiger partial charge in [-0.2, -0.15) is 0 Å². The highest BCUT2D eigenvalue weighted by atomic mass is 16.6. The molecule has 1 atom stereocenters. The number of rotatable bonds is 9. The summed E-state index contributed by atoms with van der Waals surface area (Å²) in [6, 6.07) is 15.7. The van der Waals surface area contributed by atoms with Gasteiger partial charge in [0.1, 0.15) is 11.3 Å². The molecule has 0 aromatic heterocycles. The third-order valence-electron chi connectivity index (χ3n) is 5.77. The maximum Gasteiger partial charge on any atom is 0.347 e. The van der Waals surface area contributed by atoms with Crippen molar-refractivity contribution in [3.8, 4) is 34.5 Å². The first-order chi connectivity index (χ1) is 17.5. The van der Waals surface area contributed by atoms with Crippen LogP contribution in [0.5, 0.6) is 34.5 Å². The lowest BCUT2D eigenvalue weighted by Gasteiger charge is -2.16. The van der Waals surface area contributed by atoms with Gasteiger partial charge in [0.2, 0.25) is 5.75 Å². The number of carbonyl (C=O) groups is 1. The lowest BCUT2D eigenvalue weighted by molar-refractivity contribution is 0.0725. The number of esters is 1. The van der Waals surface area contributed by atoms with E-state index >= 15 is 0 Å². The van der Waals surface area contributed by atoms with Gasteiger partial charge in [-0.1, -0.05) is 23.4 Å². The van der Waals surface area contributed by atoms with Crippen molar-refractivity contribution in [2.45, 2.75) is 12.5 Å². The smallest absolute Gasteiger partial charge is 0.347 e. The van der Waals surface area contributed by atoms with Crippen molar-refractivity contribution in [3.05, 3.63) is 71.3 Å². The fourth-order valence-corrected chi connectivity index (χ4v) is 3.98. The minimum absolute atomic E-state index is 0.276. The molecule has 0 saturated heterocycles.